The van der Waals surface area contributed by atoms with E-state index in [1.807, 2.05) is 0 Å². The molecule has 5 heteroatoms. The first-order valence-corrected chi connectivity index (χ1v) is 6.23. The number of hydrogen-bond donors (Lipinski definition) is 1. The fourth-order valence-corrected chi connectivity index (χ4v) is 2.03. The summed E-state index contributed by atoms with van der Waals surface area (Å²) >= 11 is 0. The molecule has 100 valence electrons. The standard InChI is InChI=1S/C12H24N2O3/c1-12(13,11(15)16-2)5-3-6-14-7-4-9-17-10-8-14/h3-10,13H2,1-2H3. The van der Waals surface area contributed by atoms with Crippen molar-refractivity contribution >= 4 is 5.97 Å². The van der Waals surface area contributed by atoms with Crippen LogP contribution in [0.25, 0.3) is 0 Å². The van der Waals surface area contributed by atoms with E-state index in [9.17, 15) is 4.79 Å². The smallest absolute Gasteiger partial charge is 0.325 e. The molecule has 0 aromatic carbocycles. The molecule has 5 nitrogen and oxygen atoms in total. The Balaban J connectivity index is 2.24. The maximum atomic E-state index is 11.4. The first-order chi connectivity index (χ1) is 8.06. The number of hydrogen-bond acceptors (Lipinski definition) is 5. The zero-order chi connectivity index (χ0) is 12.7. The van der Waals surface area contributed by atoms with Crippen molar-refractivity contribution in [1.82, 2.24) is 4.90 Å². The van der Waals surface area contributed by atoms with Crippen LogP contribution in [0.4, 0.5) is 0 Å². The summed E-state index contributed by atoms with van der Waals surface area (Å²) in [7, 11) is 1.37. The lowest BCUT2D eigenvalue weighted by atomic mass is 9.97. The number of esters is 1. The quantitative estimate of drug-likeness (QED) is 0.708. The topological polar surface area (TPSA) is 64.8 Å². The SMILES string of the molecule is COC(=O)C(C)(N)CCCN1CCCOCC1. The molecule has 17 heavy (non-hydrogen) atoms. The lowest BCUT2D eigenvalue weighted by molar-refractivity contribution is -0.146. The predicted molar refractivity (Wildman–Crippen MR) is 65.7 cm³/mol. The summed E-state index contributed by atoms with van der Waals surface area (Å²) < 4.78 is 10.1. The molecule has 0 amide bonds. The van der Waals surface area contributed by atoms with Crippen molar-refractivity contribution in [3.8, 4) is 0 Å². The third kappa shape index (κ3) is 5.02. The summed E-state index contributed by atoms with van der Waals surface area (Å²) in [6.07, 6.45) is 2.63. The number of nitrogens with two attached hydrogens (primary N) is 1. The highest BCUT2D eigenvalue weighted by Gasteiger charge is 2.28. The summed E-state index contributed by atoms with van der Waals surface area (Å²) in [6, 6.07) is 0. The normalized spacial score (nSPS) is 21.6. The van der Waals surface area contributed by atoms with E-state index in [0.717, 1.165) is 45.7 Å². The monoisotopic (exact) mass is 244 g/mol. The molecule has 0 aromatic rings. The second-order valence-electron chi connectivity index (χ2n) is 4.82. The van der Waals surface area contributed by atoms with Gasteiger partial charge in [-0.1, -0.05) is 0 Å². The Bertz CT molecular complexity index is 236. The Morgan fingerprint density at radius 2 is 2.24 bits per heavy atom. The van der Waals surface area contributed by atoms with E-state index in [4.69, 9.17) is 10.5 Å². The van der Waals surface area contributed by atoms with Gasteiger partial charge in [-0.15, -0.1) is 0 Å². The molecule has 0 radical (unpaired) electrons. The lowest BCUT2D eigenvalue weighted by Gasteiger charge is -2.24. The molecule has 1 aliphatic rings. The third-order valence-corrected chi connectivity index (χ3v) is 3.14. The van der Waals surface area contributed by atoms with Gasteiger partial charge in [0.05, 0.1) is 13.7 Å². The summed E-state index contributed by atoms with van der Waals surface area (Å²) in [5.74, 6) is -0.336. The number of rotatable bonds is 5. The second-order valence-corrected chi connectivity index (χ2v) is 4.82. The van der Waals surface area contributed by atoms with E-state index in [0.29, 0.717) is 6.42 Å². The van der Waals surface area contributed by atoms with Crippen LogP contribution in [0.15, 0.2) is 0 Å². The van der Waals surface area contributed by atoms with Gasteiger partial charge in [0, 0.05) is 19.7 Å². The van der Waals surface area contributed by atoms with Crippen molar-refractivity contribution in [1.29, 1.82) is 0 Å². The van der Waals surface area contributed by atoms with E-state index < -0.39 is 5.54 Å². The lowest BCUT2D eigenvalue weighted by Crippen LogP contribution is -2.46. The molecule has 2 N–H and O–H groups in total. The molecule has 0 saturated carbocycles. The van der Waals surface area contributed by atoms with Gasteiger partial charge in [-0.3, -0.25) is 4.79 Å². The summed E-state index contributed by atoms with van der Waals surface area (Å²) in [6.45, 7) is 6.39. The second kappa shape index (κ2) is 6.93. The van der Waals surface area contributed by atoms with Crippen molar-refractivity contribution in [2.45, 2.75) is 31.7 Å². The Kier molecular flexibility index (Phi) is 5.88. The van der Waals surface area contributed by atoms with Crippen LogP contribution in [0.3, 0.4) is 0 Å². The number of ether oxygens (including phenoxy) is 2. The van der Waals surface area contributed by atoms with Gasteiger partial charge in [0.1, 0.15) is 5.54 Å². The van der Waals surface area contributed by atoms with E-state index in [2.05, 4.69) is 9.64 Å². The highest BCUT2D eigenvalue weighted by atomic mass is 16.5. The number of nitrogens with zero attached hydrogens (tertiary/aromatic N) is 1. The minimum Gasteiger partial charge on any atom is -0.468 e. The molecular formula is C12H24N2O3. The Labute approximate surface area is 103 Å². The van der Waals surface area contributed by atoms with Crippen LogP contribution in [0.1, 0.15) is 26.2 Å². The first-order valence-electron chi connectivity index (χ1n) is 6.23. The van der Waals surface area contributed by atoms with Crippen molar-refractivity contribution < 1.29 is 14.3 Å². The van der Waals surface area contributed by atoms with Crippen LogP contribution >= 0.6 is 0 Å². The molecule has 1 heterocycles. The van der Waals surface area contributed by atoms with Gasteiger partial charge in [0.25, 0.3) is 0 Å². The van der Waals surface area contributed by atoms with Gasteiger partial charge >= 0.3 is 5.97 Å². The number of carbonyl (C=O) groups is 1. The minimum atomic E-state index is -0.864. The summed E-state index contributed by atoms with van der Waals surface area (Å²) in [4.78, 5) is 13.8. The van der Waals surface area contributed by atoms with E-state index in [1.54, 1.807) is 6.92 Å². The van der Waals surface area contributed by atoms with Crippen molar-refractivity contribution in [2.24, 2.45) is 5.73 Å². The van der Waals surface area contributed by atoms with E-state index >= 15 is 0 Å². The molecule has 1 atom stereocenters. The number of methoxy groups -OCH3 is 1. The summed E-state index contributed by atoms with van der Waals surface area (Å²) in [5.41, 5.74) is 5.04. The van der Waals surface area contributed by atoms with Crippen molar-refractivity contribution in [2.75, 3.05) is 40.0 Å². The van der Waals surface area contributed by atoms with E-state index in [-0.39, 0.29) is 5.97 Å². The summed E-state index contributed by atoms with van der Waals surface area (Å²) in [5, 5.41) is 0. The molecule has 1 fully saturated rings. The zero-order valence-corrected chi connectivity index (χ0v) is 10.9. The van der Waals surface area contributed by atoms with Gasteiger partial charge in [-0.25, -0.2) is 0 Å². The fourth-order valence-electron chi connectivity index (χ4n) is 2.03. The maximum Gasteiger partial charge on any atom is 0.325 e. The largest absolute Gasteiger partial charge is 0.468 e. The fraction of sp³-hybridized carbons (Fsp3) is 0.917. The first kappa shape index (κ1) is 14.4. The predicted octanol–water partition coefficient (Wildman–Crippen LogP) is 0.379. The molecule has 0 aromatic heterocycles. The Morgan fingerprint density at radius 1 is 1.47 bits per heavy atom. The highest BCUT2D eigenvalue weighted by Crippen LogP contribution is 2.12. The van der Waals surface area contributed by atoms with Gasteiger partial charge in [0.15, 0.2) is 0 Å². The van der Waals surface area contributed by atoms with Crippen LogP contribution in [0.5, 0.6) is 0 Å². The average Bonchev–Trinajstić information content (AvgIpc) is 2.56. The van der Waals surface area contributed by atoms with Crippen molar-refractivity contribution in [3.05, 3.63) is 0 Å². The van der Waals surface area contributed by atoms with Gasteiger partial charge < -0.3 is 20.1 Å². The molecule has 1 saturated heterocycles. The Morgan fingerprint density at radius 3 is 2.94 bits per heavy atom. The van der Waals surface area contributed by atoms with Crippen LogP contribution in [-0.4, -0.2) is 56.4 Å². The van der Waals surface area contributed by atoms with Crippen LogP contribution in [-0.2, 0) is 14.3 Å². The maximum absolute atomic E-state index is 11.4. The van der Waals surface area contributed by atoms with Gasteiger partial charge in [-0.2, -0.15) is 0 Å². The number of carbonyl (C=O) groups excluding carboxylic acids is 1. The zero-order valence-electron chi connectivity index (χ0n) is 10.9. The van der Waals surface area contributed by atoms with Crippen LogP contribution in [0, 0.1) is 0 Å². The molecular weight excluding hydrogens is 220 g/mol. The van der Waals surface area contributed by atoms with Crippen molar-refractivity contribution in [3.63, 3.8) is 0 Å². The molecule has 0 aliphatic carbocycles. The van der Waals surface area contributed by atoms with Crippen LogP contribution < -0.4 is 5.73 Å². The van der Waals surface area contributed by atoms with E-state index in [1.165, 1.54) is 7.11 Å². The average molecular weight is 244 g/mol. The molecule has 0 bridgehead atoms. The molecule has 1 unspecified atom stereocenters. The van der Waals surface area contributed by atoms with Crippen LogP contribution in [0.2, 0.25) is 0 Å². The molecule has 1 aliphatic heterocycles. The highest BCUT2D eigenvalue weighted by molar-refractivity contribution is 5.79. The Hall–Kier alpha value is -0.650. The minimum absolute atomic E-state index is 0.336. The third-order valence-electron chi connectivity index (χ3n) is 3.14. The molecule has 1 rings (SSSR count). The molecule has 0 spiro atoms. The van der Waals surface area contributed by atoms with Gasteiger partial charge in [-0.05, 0) is 32.7 Å². The van der Waals surface area contributed by atoms with Gasteiger partial charge in [0.2, 0.25) is 0 Å².